The van der Waals surface area contributed by atoms with Gasteiger partial charge in [0.2, 0.25) is 5.91 Å². The summed E-state index contributed by atoms with van der Waals surface area (Å²) < 4.78 is 0. The fourth-order valence-corrected chi connectivity index (χ4v) is 2.51. The molecule has 1 aliphatic rings. The van der Waals surface area contributed by atoms with Crippen LogP contribution in [0.3, 0.4) is 0 Å². The first kappa shape index (κ1) is 13.0. The van der Waals surface area contributed by atoms with E-state index in [1.165, 1.54) is 32.1 Å². The molecule has 98 valence electrons. The molecular formula is C14H21N3O. The second-order valence-electron chi connectivity index (χ2n) is 5.02. The number of nitrogens with zero attached hydrogens (tertiary/aromatic N) is 2. The summed E-state index contributed by atoms with van der Waals surface area (Å²) in [5.41, 5.74) is 0.809. The lowest BCUT2D eigenvalue weighted by atomic mass is 9.86. The van der Waals surface area contributed by atoms with Crippen LogP contribution in [0.2, 0.25) is 0 Å². The predicted molar refractivity (Wildman–Crippen MR) is 69.7 cm³/mol. The van der Waals surface area contributed by atoms with Gasteiger partial charge in [-0.1, -0.05) is 32.1 Å². The topological polar surface area (TPSA) is 54.9 Å². The molecule has 0 unspecified atom stereocenters. The Morgan fingerprint density at radius 3 is 2.83 bits per heavy atom. The number of amides is 1. The molecule has 4 heteroatoms. The van der Waals surface area contributed by atoms with Gasteiger partial charge in [-0.05, 0) is 12.3 Å². The Hall–Kier alpha value is -1.45. The third-order valence-corrected chi connectivity index (χ3v) is 3.59. The van der Waals surface area contributed by atoms with Crippen LogP contribution in [0.15, 0.2) is 18.6 Å². The van der Waals surface area contributed by atoms with E-state index in [0.717, 1.165) is 18.0 Å². The van der Waals surface area contributed by atoms with Crippen LogP contribution in [-0.2, 0) is 11.3 Å². The standard InChI is InChI=1S/C14H21N3O/c18-14(7-6-12-4-2-1-3-5-12)17-11-13-10-15-8-9-16-13/h8-10,12H,1-7,11H2,(H,17,18). The van der Waals surface area contributed by atoms with Crippen molar-refractivity contribution in [1.82, 2.24) is 15.3 Å². The normalized spacial score (nSPS) is 16.4. The third-order valence-electron chi connectivity index (χ3n) is 3.59. The number of rotatable bonds is 5. The van der Waals surface area contributed by atoms with E-state index in [4.69, 9.17) is 0 Å². The van der Waals surface area contributed by atoms with Crippen LogP contribution in [-0.4, -0.2) is 15.9 Å². The van der Waals surface area contributed by atoms with E-state index in [9.17, 15) is 4.79 Å². The van der Waals surface area contributed by atoms with Crippen LogP contribution in [0.5, 0.6) is 0 Å². The first-order valence-electron chi connectivity index (χ1n) is 6.86. The summed E-state index contributed by atoms with van der Waals surface area (Å²) in [6.07, 6.45) is 13.3. The van der Waals surface area contributed by atoms with Gasteiger partial charge in [-0.2, -0.15) is 0 Å². The van der Waals surface area contributed by atoms with Gasteiger partial charge in [-0.15, -0.1) is 0 Å². The molecule has 0 radical (unpaired) electrons. The Labute approximate surface area is 108 Å². The van der Waals surface area contributed by atoms with Crippen molar-refractivity contribution in [2.75, 3.05) is 0 Å². The van der Waals surface area contributed by atoms with Gasteiger partial charge in [0.15, 0.2) is 0 Å². The van der Waals surface area contributed by atoms with Crippen LogP contribution in [0.1, 0.15) is 50.6 Å². The highest BCUT2D eigenvalue weighted by Gasteiger charge is 2.14. The summed E-state index contributed by atoms with van der Waals surface area (Å²) in [6, 6.07) is 0. The number of aromatic nitrogens is 2. The van der Waals surface area contributed by atoms with E-state index < -0.39 is 0 Å². The van der Waals surface area contributed by atoms with Crippen molar-refractivity contribution in [3.63, 3.8) is 0 Å². The Morgan fingerprint density at radius 1 is 1.28 bits per heavy atom. The van der Waals surface area contributed by atoms with Gasteiger partial charge in [0.05, 0.1) is 18.4 Å². The van der Waals surface area contributed by atoms with Crippen molar-refractivity contribution in [1.29, 1.82) is 0 Å². The van der Waals surface area contributed by atoms with Gasteiger partial charge in [0.1, 0.15) is 0 Å². The second kappa shape index (κ2) is 7.09. The van der Waals surface area contributed by atoms with Crippen molar-refractivity contribution in [3.8, 4) is 0 Å². The monoisotopic (exact) mass is 247 g/mol. The van der Waals surface area contributed by atoms with E-state index >= 15 is 0 Å². The van der Waals surface area contributed by atoms with Crippen LogP contribution < -0.4 is 5.32 Å². The minimum Gasteiger partial charge on any atom is -0.350 e. The summed E-state index contributed by atoms with van der Waals surface area (Å²) in [5.74, 6) is 0.896. The van der Waals surface area contributed by atoms with E-state index in [1.54, 1.807) is 18.6 Å². The van der Waals surface area contributed by atoms with Crippen molar-refractivity contribution in [2.24, 2.45) is 5.92 Å². The maximum Gasteiger partial charge on any atom is 0.220 e. The molecule has 0 bridgehead atoms. The predicted octanol–water partition coefficient (Wildman–Crippen LogP) is 2.45. The summed E-state index contributed by atoms with van der Waals surface area (Å²) in [6.45, 7) is 0.483. The van der Waals surface area contributed by atoms with E-state index in [1.807, 2.05) is 0 Å². The molecule has 0 spiro atoms. The van der Waals surface area contributed by atoms with Crippen molar-refractivity contribution >= 4 is 5.91 Å². The Morgan fingerprint density at radius 2 is 2.11 bits per heavy atom. The van der Waals surface area contributed by atoms with E-state index in [0.29, 0.717) is 13.0 Å². The molecule has 1 saturated carbocycles. The molecule has 4 nitrogen and oxygen atoms in total. The van der Waals surface area contributed by atoms with Crippen LogP contribution in [0.25, 0.3) is 0 Å². The van der Waals surface area contributed by atoms with Gasteiger partial charge >= 0.3 is 0 Å². The second-order valence-corrected chi connectivity index (χ2v) is 5.02. The molecule has 1 aromatic rings. The molecule has 1 aliphatic carbocycles. The van der Waals surface area contributed by atoms with Crippen molar-refractivity contribution in [2.45, 2.75) is 51.5 Å². The van der Waals surface area contributed by atoms with Gasteiger partial charge < -0.3 is 5.32 Å². The quantitative estimate of drug-likeness (QED) is 0.869. The maximum atomic E-state index is 11.7. The Kier molecular flexibility index (Phi) is 5.12. The van der Waals surface area contributed by atoms with Crippen LogP contribution in [0, 0.1) is 5.92 Å². The minimum absolute atomic E-state index is 0.131. The zero-order valence-corrected chi connectivity index (χ0v) is 10.8. The summed E-state index contributed by atoms with van der Waals surface area (Å²) in [7, 11) is 0. The minimum atomic E-state index is 0.131. The van der Waals surface area contributed by atoms with Gasteiger partial charge in [-0.25, -0.2) is 0 Å². The lowest BCUT2D eigenvalue weighted by molar-refractivity contribution is -0.121. The largest absolute Gasteiger partial charge is 0.350 e. The van der Waals surface area contributed by atoms with Gasteiger partial charge in [-0.3, -0.25) is 14.8 Å². The summed E-state index contributed by atoms with van der Waals surface area (Å²) in [4.78, 5) is 19.8. The highest BCUT2D eigenvalue weighted by Crippen LogP contribution is 2.27. The molecule has 0 aliphatic heterocycles. The number of carbonyl (C=O) groups excluding carboxylic acids is 1. The van der Waals surface area contributed by atoms with E-state index in [-0.39, 0.29) is 5.91 Å². The zero-order chi connectivity index (χ0) is 12.6. The molecule has 1 amide bonds. The molecule has 1 aromatic heterocycles. The Bertz CT molecular complexity index is 361. The number of hydrogen-bond acceptors (Lipinski definition) is 3. The third kappa shape index (κ3) is 4.43. The smallest absolute Gasteiger partial charge is 0.220 e. The lowest BCUT2D eigenvalue weighted by Gasteiger charge is -2.20. The maximum absolute atomic E-state index is 11.7. The van der Waals surface area contributed by atoms with Gasteiger partial charge in [0.25, 0.3) is 0 Å². The Balaban J connectivity index is 1.63. The average molecular weight is 247 g/mol. The number of nitrogens with one attached hydrogen (secondary N) is 1. The average Bonchev–Trinajstić information content (AvgIpc) is 2.45. The SMILES string of the molecule is O=C(CCC1CCCCC1)NCc1cnccn1. The first-order chi connectivity index (χ1) is 8.84. The summed E-state index contributed by atoms with van der Waals surface area (Å²) >= 11 is 0. The molecule has 1 heterocycles. The molecule has 0 atom stereocenters. The molecule has 0 aromatic carbocycles. The highest BCUT2D eigenvalue weighted by atomic mass is 16.1. The highest BCUT2D eigenvalue weighted by molar-refractivity contribution is 5.75. The lowest BCUT2D eigenvalue weighted by Crippen LogP contribution is -2.24. The summed E-state index contributed by atoms with van der Waals surface area (Å²) in [5, 5.41) is 2.90. The van der Waals surface area contributed by atoms with Crippen molar-refractivity contribution in [3.05, 3.63) is 24.3 Å². The molecule has 1 N–H and O–H groups in total. The molecule has 0 saturated heterocycles. The van der Waals surface area contributed by atoms with Gasteiger partial charge in [0, 0.05) is 18.8 Å². The molecule has 18 heavy (non-hydrogen) atoms. The molecule has 2 rings (SSSR count). The number of carbonyl (C=O) groups is 1. The number of hydrogen-bond donors (Lipinski definition) is 1. The van der Waals surface area contributed by atoms with Crippen molar-refractivity contribution < 1.29 is 4.79 Å². The molecule has 1 fully saturated rings. The fourth-order valence-electron chi connectivity index (χ4n) is 2.51. The van der Waals surface area contributed by atoms with Crippen LogP contribution >= 0.6 is 0 Å². The zero-order valence-electron chi connectivity index (χ0n) is 10.8. The molecular weight excluding hydrogens is 226 g/mol. The van der Waals surface area contributed by atoms with E-state index in [2.05, 4.69) is 15.3 Å². The van der Waals surface area contributed by atoms with Crippen LogP contribution in [0.4, 0.5) is 0 Å². The first-order valence-corrected chi connectivity index (χ1v) is 6.86. The fraction of sp³-hybridized carbons (Fsp3) is 0.643.